The maximum Gasteiger partial charge on any atom is 0.119 e. The quantitative estimate of drug-likeness (QED) is 0.726. The van der Waals surface area contributed by atoms with E-state index >= 15 is 0 Å². The smallest absolute Gasteiger partial charge is 0.119 e. The minimum absolute atomic E-state index is 0.688. The first-order chi connectivity index (χ1) is 8.74. The van der Waals surface area contributed by atoms with Gasteiger partial charge < -0.3 is 9.15 Å². The Kier molecular flexibility index (Phi) is 3.88. The molecule has 0 saturated carbocycles. The van der Waals surface area contributed by atoms with Gasteiger partial charge >= 0.3 is 0 Å². The molecule has 94 valence electrons. The van der Waals surface area contributed by atoms with Gasteiger partial charge in [-0.15, -0.1) is 6.58 Å². The number of benzene rings is 1. The topological polar surface area (TPSA) is 22.4 Å². The monoisotopic (exact) mass is 242 g/mol. The van der Waals surface area contributed by atoms with Crippen molar-refractivity contribution in [2.24, 2.45) is 0 Å². The molecule has 1 heterocycles. The Morgan fingerprint density at radius 3 is 2.61 bits per heavy atom. The number of hydrogen-bond acceptors (Lipinski definition) is 2. The average Bonchev–Trinajstić information content (AvgIpc) is 2.72. The van der Waals surface area contributed by atoms with Crippen LogP contribution in [0.1, 0.15) is 18.4 Å². The maximum absolute atomic E-state index is 5.68. The lowest BCUT2D eigenvalue weighted by Crippen LogP contribution is -1.90. The van der Waals surface area contributed by atoms with E-state index in [1.165, 1.54) is 0 Å². The third-order valence-electron chi connectivity index (χ3n) is 2.79. The molecule has 0 aliphatic carbocycles. The molecule has 0 aliphatic rings. The van der Waals surface area contributed by atoms with Gasteiger partial charge in [0.05, 0.1) is 6.61 Å². The Hall–Kier alpha value is -1.96. The van der Waals surface area contributed by atoms with Crippen molar-refractivity contribution in [1.82, 2.24) is 0 Å². The average molecular weight is 242 g/mol. The van der Waals surface area contributed by atoms with Crippen molar-refractivity contribution in [3.8, 4) is 16.9 Å². The second-order valence-electron chi connectivity index (χ2n) is 4.13. The number of ether oxygens (including phenoxy) is 1. The summed E-state index contributed by atoms with van der Waals surface area (Å²) in [5.74, 6) is 2.79. The lowest BCUT2D eigenvalue weighted by molar-refractivity contribution is 0.340. The SMILES string of the molecule is C=CCc1cc(-c2ccc(OCC)cc2)c(C)o1. The zero-order chi connectivity index (χ0) is 13.0. The van der Waals surface area contributed by atoms with Gasteiger partial charge in [-0.1, -0.05) is 18.2 Å². The molecule has 2 rings (SSSR count). The first-order valence-electron chi connectivity index (χ1n) is 6.18. The van der Waals surface area contributed by atoms with E-state index in [2.05, 4.69) is 24.8 Å². The predicted molar refractivity (Wildman–Crippen MR) is 74.0 cm³/mol. The highest BCUT2D eigenvalue weighted by atomic mass is 16.5. The molecule has 18 heavy (non-hydrogen) atoms. The highest BCUT2D eigenvalue weighted by Gasteiger charge is 2.08. The molecule has 1 aromatic heterocycles. The van der Waals surface area contributed by atoms with Crippen molar-refractivity contribution in [2.45, 2.75) is 20.3 Å². The van der Waals surface area contributed by atoms with E-state index in [1.54, 1.807) is 0 Å². The Bertz CT molecular complexity index is 521. The molecule has 2 heteroatoms. The molecule has 2 aromatic rings. The summed E-state index contributed by atoms with van der Waals surface area (Å²) in [5, 5.41) is 0. The molecule has 0 spiro atoms. The summed E-state index contributed by atoms with van der Waals surface area (Å²) in [4.78, 5) is 0. The van der Waals surface area contributed by atoms with Crippen LogP contribution in [0.5, 0.6) is 5.75 Å². The zero-order valence-electron chi connectivity index (χ0n) is 10.9. The molecule has 0 aliphatic heterocycles. The van der Waals surface area contributed by atoms with Crippen LogP contribution in [0.15, 0.2) is 47.4 Å². The fraction of sp³-hybridized carbons (Fsp3) is 0.250. The van der Waals surface area contributed by atoms with Crippen molar-refractivity contribution < 1.29 is 9.15 Å². The fourth-order valence-corrected chi connectivity index (χ4v) is 1.97. The molecule has 0 amide bonds. The third-order valence-corrected chi connectivity index (χ3v) is 2.79. The third kappa shape index (κ3) is 2.65. The maximum atomic E-state index is 5.68. The summed E-state index contributed by atoms with van der Waals surface area (Å²) in [6, 6.07) is 10.2. The lowest BCUT2D eigenvalue weighted by atomic mass is 10.1. The van der Waals surface area contributed by atoms with Crippen LogP contribution in [0, 0.1) is 6.92 Å². The standard InChI is InChI=1S/C16H18O2/c1-4-6-15-11-16(12(3)18-15)13-7-9-14(10-8-13)17-5-2/h4,7-11H,1,5-6H2,2-3H3. The number of aryl methyl sites for hydroxylation is 1. The molecule has 0 atom stereocenters. The van der Waals surface area contributed by atoms with E-state index in [-0.39, 0.29) is 0 Å². The summed E-state index contributed by atoms with van der Waals surface area (Å²) in [5.41, 5.74) is 2.28. The van der Waals surface area contributed by atoms with E-state index < -0.39 is 0 Å². The molecule has 0 radical (unpaired) electrons. The van der Waals surface area contributed by atoms with E-state index in [9.17, 15) is 0 Å². The highest BCUT2D eigenvalue weighted by molar-refractivity contribution is 5.66. The summed E-state index contributed by atoms with van der Waals surface area (Å²) < 4.78 is 11.1. The van der Waals surface area contributed by atoms with Crippen LogP contribution < -0.4 is 4.74 Å². The molecule has 2 nitrogen and oxygen atoms in total. The Balaban J connectivity index is 2.27. The van der Waals surface area contributed by atoms with Gasteiger partial charge in [-0.05, 0) is 37.6 Å². The highest BCUT2D eigenvalue weighted by Crippen LogP contribution is 2.28. The van der Waals surface area contributed by atoms with Crippen molar-refractivity contribution >= 4 is 0 Å². The molecule has 0 fully saturated rings. The van der Waals surface area contributed by atoms with Crippen LogP contribution in [-0.2, 0) is 6.42 Å². The Morgan fingerprint density at radius 2 is 2.00 bits per heavy atom. The second kappa shape index (κ2) is 5.58. The van der Waals surface area contributed by atoms with Gasteiger partial charge in [0.2, 0.25) is 0 Å². The van der Waals surface area contributed by atoms with Crippen LogP contribution in [0.2, 0.25) is 0 Å². The summed E-state index contributed by atoms with van der Waals surface area (Å²) in [7, 11) is 0. The van der Waals surface area contributed by atoms with Gasteiger partial charge in [0.15, 0.2) is 0 Å². The van der Waals surface area contributed by atoms with Crippen molar-refractivity contribution in [3.05, 3.63) is 54.5 Å². The van der Waals surface area contributed by atoms with E-state index in [1.807, 2.05) is 32.1 Å². The normalized spacial score (nSPS) is 10.3. The summed E-state index contributed by atoms with van der Waals surface area (Å²) in [6.45, 7) is 8.38. The first kappa shape index (κ1) is 12.5. The van der Waals surface area contributed by atoms with Gasteiger partial charge in [0, 0.05) is 12.0 Å². The number of rotatable bonds is 5. The van der Waals surface area contributed by atoms with Gasteiger partial charge in [-0.2, -0.15) is 0 Å². The largest absolute Gasteiger partial charge is 0.494 e. The first-order valence-corrected chi connectivity index (χ1v) is 6.18. The Morgan fingerprint density at radius 1 is 1.28 bits per heavy atom. The van der Waals surface area contributed by atoms with Crippen molar-refractivity contribution in [3.63, 3.8) is 0 Å². The fourth-order valence-electron chi connectivity index (χ4n) is 1.97. The van der Waals surface area contributed by atoms with Crippen LogP contribution in [0.4, 0.5) is 0 Å². The molecular weight excluding hydrogens is 224 g/mol. The van der Waals surface area contributed by atoms with Crippen molar-refractivity contribution in [1.29, 1.82) is 0 Å². The summed E-state index contributed by atoms with van der Waals surface area (Å²) in [6.07, 6.45) is 2.61. The van der Waals surface area contributed by atoms with Crippen LogP contribution >= 0.6 is 0 Å². The van der Waals surface area contributed by atoms with Gasteiger partial charge in [-0.3, -0.25) is 0 Å². The molecule has 0 saturated heterocycles. The van der Waals surface area contributed by atoms with Gasteiger partial charge in [0.1, 0.15) is 17.3 Å². The number of furan rings is 1. The Labute approximate surface area is 108 Å². The van der Waals surface area contributed by atoms with Crippen LogP contribution in [0.25, 0.3) is 11.1 Å². The predicted octanol–water partition coefficient (Wildman–Crippen LogP) is 4.38. The van der Waals surface area contributed by atoms with Gasteiger partial charge in [0.25, 0.3) is 0 Å². The van der Waals surface area contributed by atoms with E-state index in [0.29, 0.717) is 6.61 Å². The van der Waals surface area contributed by atoms with Crippen LogP contribution in [0.3, 0.4) is 0 Å². The number of allylic oxidation sites excluding steroid dienone is 1. The molecular formula is C16H18O2. The van der Waals surface area contributed by atoms with E-state index in [4.69, 9.17) is 9.15 Å². The molecule has 0 bridgehead atoms. The number of hydrogen-bond donors (Lipinski definition) is 0. The lowest BCUT2D eigenvalue weighted by Gasteiger charge is -2.04. The van der Waals surface area contributed by atoms with Crippen LogP contribution in [-0.4, -0.2) is 6.61 Å². The molecule has 0 unspecified atom stereocenters. The zero-order valence-corrected chi connectivity index (χ0v) is 10.9. The van der Waals surface area contributed by atoms with E-state index in [0.717, 1.165) is 34.8 Å². The summed E-state index contributed by atoms with van der Waals surface area (Å²) >= 11 is 0. The minimum atomic E-state index is 0.688. The molecule has 1 aromatic carbocycles. The second-order valence-corrected chi connectivity index (χ2v) is 4.13. The van der Waals surface area contributed by atoms with Crippen molar-refractivity contribution in [2.75, 3.05) is 6.61 Å². The molecule has 0 N–H and O–H groups in total. The van der Waals surface area contributed by atoms with Gasteiger partial charge in [-0.25, -0.2) is 0 Å². The minimum Gasteiger partial charge on any atom is -0.494 e.